The zero-order valence-electron chi connectivity index (χ0n) is 14.1. The molecular weight excluding hydrogens is 292 g/mol. The Bertz CT molecular complexity index is 942. The van der Waals surface area contributed by atoms with E-state index in [1.54, 1.807) is 6.08 Å². The van der Waals surface area contributed by atoms with Gasteiger partial charge in [0.05, 0.1) is 0 Å². The quantitative estimate of drug-likeness (QED) is 0.733. The molecule has 4 rings (SSSR count). The van der Waals surface area contributed by atoms with Crippen molar-refractivity contribution in [2.75, 3.05) is 0 Å². The van der Waals surface area contributed by atoms with E-state index in [1.807, 2.05) is 31.2 Å². The average molecular weight is 312 g/mol. The summed E-state index contributed by atoms with van der Waals surface area (Å²) in [6.07, 6.45) is 4.56. The normalized spacial score (nSPS) is 21.2. The maximum absolute atomic E-state index is 13.4. The minimum atomic E-state index is -0.737. The Morgan fingerprint density at radius 3 is 2.38 bits per heavy atom. The number of benzene rings is 2. The molecule has 1 unspecified atom stereocenters. The van der Waals surface area contributed by atoms with Crippen LogP contribution in [0.1, 0.15) is 42.5 Å². The van der Waals surface area contributed by atoms with Gasteiger partial charge in [-0.3, -0.25) is 4.79 Å². The molecule has 0 radical (unpaired) electrons. The van der Waals surface area contributed by atoms with Gasteiger partial charge >= 0.3 is 0 Å². The Kier molecular flexibility index (Phi) is 3.21. The van der Waals surface area contributed by atoms with E-state index in [2.05, 4.69) is 43.8 Å². The molecular formula is C23H20O. The van der Waals surface area contributed by atoms with Crippen LogP contribution >= 0.6 is 0 Å². The molecule has 0 heterocycles. The van der Waals surface area contributed by atoms with Gasteiger partial charge in [-0.2, -0.15) is 0 Å². The Labute approximate surface area is 143 Å². The summed E-state index contributed by atoms with van der Waals surface area (Å²) >= 11 is 0. The van der Waals surface area contributed by atoms with E-state index >= 15 is 0 Å². The molecule has 0 fully saturated rings. The second-order valence-electron chi connectivity index (χ2n) is 6.57. The lowest BCUT2D eigenvalue weighted by Crippen LogP contribution is -2.39. The van der Waals surface area contributed by atoms with Crippen LogP contribution in [0.25, 0.3) is 11.6 Å². The van der Waals surface area contributed by atoms with Crippen LogP contribution in [0.2, 0.25) is 0 Å². The van der Waals surface area contributed by atoms with Crippen molar-refractivity contribution in [2.45, 2.75) is 25.7 Å². The maximum atomic E-state index is 13.4. The largest absolute Gasteiger partial charge is 0.293 e. The third-order valence-corrected chi connectivity index (χ3v) is 5.26. The van der Waals surface area contributed by atoms with Crippen LogP contribution in [0, 0.1) is 0 Å². The Morgan fingerprint density at radius 2 is 1.67 bits per heavy atom. The topological polar surface area (TPSA) is 17.1 Å². The molecule has 2 aliphatic rings. The van der Waals surface area contributed by atoms with Gasteiger partial charge in [0.1, 0.15) is 5.41 Å². The van der Waals surface area contributed by atoms with E-state index < -0.39 is 5.41 Å². The first-order valence-electron chi connectivity index (χ1n) is 8.43. The highest BCUT2D eigenvalue weighted by Crippen LogP contribution is 2.56. The van der Waals surface area contributed by atoms with Crippen LogP contribution in [0.5, 0.6) is 0 Å². The minimum Gasteiger partial charge on any atom is -0.293 e. The Hall–Kier alpha value is -2.67. The first-order valence-corrected chi connectivity index (χ1v) is 8.43. The SMILES string of the molecule is C=C(C)C1=C(CC)c2ccccc2C12C(=O)C=Cc1ccccc12. The number of ketones is 1. The number of rotatable bonds is 2. The molecule has 0 bridgehead atoms. The van der Waals surface area contributed by atoms with E-state index in [9.17, 15) is 4.79 Å². The number of carbonyl (C=O) groups excluding carboxylic acids is 1. The third kappa shape index (κ3) is 1.67. The van der Waals surface area contributed by atoms with E-state index in [0.29, 0.717) is 0 Å². The minimum absolute atomic E-state index is 0.134. The van der Waals surface area contributed by atoms with Crippen LogP contribution in [-0.2, 0) is 10.2 Å². The number of hydrogen-bond acceptors (Lipinski definition) is 1. The second-order valence-corrected chi connectivity index (χ2v) is 6.57. The highest BCUT2D eigenvalue weighted by Gasteiger charge is 2.52. The van der Waals surface area contributed by atoms with Gasteiger partial charge in [0.2, 0.25) is 0 Å². The van der Waals surface area contributed by atoms with Gasteiger partial charge in [0.25, 0.3) is 0 Å². The monoisotopic (exact) mass is 312 g/mol. The van der Waals surface area contributed by atoms with E-state index in [0.717, 1.165) is 34.3 Å². The van der Waals surface area contributed by atoms with Gasteiger partial charge in [-0.05, 0) is 52.8 Å². The van der Waals surface area contributed by atoms with Gasteiger partial charge in [0.15, 0.2) is 5.78 Å². The molecule has 118 valence electrons. The first-order chi connectivity index (χ1) is 11.6. The summed E-state index contributed by atoms with van der Waals surface area (Å²) < 4.78 is 0. The summed E-state index contributed by atoms with van der Waals surface area (Å²) in [7, 11) is 0. The lowest BCUT2D eigenvalue weighted by atomic mass is 9.63. The van der Waals surface area contributed by atoms with Gasteiger partial charge in [-0.25, -0.2) is 0 Å². The summed E-state index contributed by atoms with van der Waals surface area (Å²) in [5, 5.41) is 0. The number of allylic oxidation sites excluding steroid dienone is 4. The summed E-state index contributed by atoms with van der Waals surface area (Å²) in [5.41, 5.74) is 7.05. The second kappa shape index (κ2) is 5.17. The van der Waals surface area contributed by atoms with Gasteiger partial charge in [-0.15, -0.1) is 0 Å². The smallest absolute Gasteiger partial charge is 0.175 e. The van der Waals surface area contributed by atoms with Crippen molar-refractivity contribution >= 4 is 17.4 Å². The van der Waals surface area contributed by atoms with Crippen molar-refractivity contribution in [3.8, 4) is 0 Å². The van der Waals surface area contributed by atoms with E-state index in [-0.39, 0.29) is 5.78 Å². The van der Waals surface area contributed by atoms with Gasteiger partial charge < -0.3 is 0 Å². The zero-order chi connectivity index (χ0) is 16.9. The van der Waals surface area contributed by atoms with Crippen LogP contribution < -0.4 is 0 Å². The summed E-state index contributed by atoms with van der Waals surface area (Å²) in [5.74, 6) is 0.134. The fourth-order valence-electron chi connectivity index (χ4n) is 4.46. The fourth-order valence-corrected chi connectivity index (χ4v) is 4.46. The molecule has 1 spiro atoms. The summed E-state index contributed by atoms with van der Waals surface area (Å²) in [4.78, 5) is 13.4. The maximum Gasteiger partial charge on any atom is 0.175 e. The van der Waals surface area contributed by atoms with Crippen LogP contribution in [0.15, 0.2) is 72.3 Å². The molecule has 0 saturated carbocycles. The molecule has 2 aromatic carbocycles. The molecule has 1 atom stereocenters. The Morgan fingerprint density at radius 1 is 1.00 bits per heavy atom. The number of hydrogen-bond donors (Lipinski definition) is 0. The Balaban J connectivity index is 2.20. The first kappa shape index (κ1) is 14.9. The van der Waals surface area contributed by atoms with Crippen LogP contribution in [0.4, 0.5) is 0 Å². The lowest BCUT2D eigenvalue weighted by molar-refractivity contribution is -0.117. The molecule has 0 aromatic heterocycles. The highest BCUT2D eigenvalue weighted by molar-refractivity contribution is 6.14. The predicted molar refractivity (Wildman–Crippen MR) is 99.7 cm³/mol. The molecule has 1 nitrogen and oxygen atoms in total. The van der Waals surface area contributed by atoms with E-state index in [1.165, 1.54) is 11.1 Å². The predicted octanol–water partition coefficient (Wildman–Crippen LogP) is 5.32. The molecule has 2 aliphatic carbocycles. The third-order valence-electron chi connectivity index (χ3n) is 5.26. The van der Waals surface area contributed by atoms with E-state index in [4.69, 9.17) is 0 Å². The van der Waals surface area contributed by atoms with Crippen molar-refractivity contribution in [1.82, 2.24) is 0 Å². The van der Waals surface area contributed by atoms with Crippen molar-refractivity contribution in [1.29, 1.82) is 0 Å². The molecule has 0 amide bonds. The van der Waals surface area contributed by atoms with Gasteiger partial charge in [0, 0.05) is 0 Å². The standard InChI is InChI=1S/C23H20O/c1-4-17-18-10-6-8-12-20(18)23(22(17)15(2)3)19-11-7-5-9-16(19)13-14-21(23)24/h5-14H,2,4H2,1,3H3. The molecule has 1 heteroatoms. The number of fused-ring (bicyclic) bond motifs is 4. The summed E-state index contributed by atoms with van der Waals surface area (Å²) in [6.45, 7) is 8.42. The fraction of sp³-hybridized carbons (Fsp3) is 0.174. The van der Waals surface area contributed by atoms with Gasteiger partial charge in [-0.1, -0.05) is 73.7 Å². The molecule has 2 aromatic rings. The van der Waals surface area contributed by atoms with Crippen molar-refractivity contribution in [3.05, 3.63) is 94.6 Å². The molecule has 0 N–H and O–H groups in total. The molecule has 0 aliphatic heterocycles. The summed E-state index contributed by atoms with van der Waals surface area (Å²) in [6, 6.07) is 16.6. The zero-order valence-corrected chi connectivity index (χ0v) is 14.1. The molecule has 24 heavy (non-hydrogen) atoms. The average Bonchev–Trinajstić information content (AvgIpc) is 2.90. The highest BCUT2D eigenvalue weighted by atomic mass is 16.1. The number of carbonyl (C=O) groups is 1. The van der Waals surface area contributed by atoms with Crippen molar-refractivity contribution in [2.24, 2.45) is 0 Å². The van der Waals surface area contributed by atoms with Crippen LogP contribution in [-0.4, -0.2) is 5.78 Å². The van der Waals surface area contributed by atoms with Crippen LogP contribution in [0.3, 0.4) is 0 Å². The van der Waals surface area contributed by atoms with Crippen molar-refractivity contribution < 1.29 is 4.79 Å². The molecule has 0 saturated heterocycles. The van der Waals surface area contributed by atoms with Crippen molar-refractivity contribution in [3.63, 3.8) is 0 Å². The lowest BCUT2D eigenvalue weighted by Gasteiger charge is -2.36.